The first-order valence-electron chi connectivity index (χ1n) is 5.31. The number of hydrogen-bond acceptors (Lipinski definition) is 3. The van der Waals surface area contributed by atoms with Gasteiger partial charge in [0.15, 0.2) is 0 Å². The fraction of sp³-hybridized carbons (Fsp3) is 0.455. The van der Waals surface area contributed by atoms with Crippen molar-refractivity contribution in [3.63, 3.8) is 0 Å². The second kappa shape index (κ2) is 5.98. The van der Waals surface area contributed by atoms with Gasteiger partial charge in [0.05, 0.1) is 4.90 Å². The van der Waals surface area contributed by atoms with Gasteiger partial charge in [-0.2, -0.15) is 0 Å². The monoisotopic (exact) mass is 242 g/mol. The van der Waals surface area contributed by atoms with Gasteiger partial charge in [0.2, 0.25) is 10.0 Å². The highest BCUT2D eigenvalue weighted by Crippen LogP contribution is 2.10. The number of primary sulfonamides is 1. The molecule has 0 unspecified atom stereocenters. The predicted molar refractivity (Wildman–Crippen MR) is 64.7 cm³/mol. The van der Waals surface area contributed by atoms with Gasteiger partial charge in [-0.05, 0) is 44.5 Å². The van der Waals surface area contributed by atoms with Crippen molar-refractivity contribution in [3.05, 3.63) is 29.8 Å². The topological polar surface area (TPSA) is 72.2 Å². The Balaban J connectivity index is 0.000000212. The summed E-state index contributed by atoms with van der Waals surface area (Å²) in [5.41, 5.74) is 0.676. The van der Waals surface area contributed by atoms with E-state index in [-0.39, 0.29) is 4.90 Å². The molecule has 1 saturated heterocycles. The molecule has 0 radical (unpaired) electrons. The van der Waals surface area contributed by atoms with E-state index in [9.17, 15) is 8.42 Å². The predicted octanol–water partition coefficient (Wildman–Crippen LogP) is 1.01. The highest BCUT2D eigenvalue weighted by molar-refractivity contribution is 7.89. The zero-order valence-electron chi connectivity index (χ0n) is 9.44. The second-order valence-electron chi connectivity index (χ2n) is 3.77. The van der Waals surface area contributed by atoms with Crippen LogP contribution in [0.15, 0.2) is 29.2 Å². The molecule has 0 saturated carbocycles. The summed E-state index contributed by atoms with van der Waals surface area (Å²) in [5.74, 6) is 0. The van der Waals surface area contributed by atoms with Gasteiger partial charge in [-0.25, -0.2) is 13.6 Å². The normalized spacial score (nSPS) is 15.4. The van der Waals surface area contributed by atoms with Crippen molar-refractivity contribution in [2.24, 2.45) is 5.14 Å². The zero-order valence-corrected chi connectivity index (χ0v) is 10.3. The van der Waals surface area contributed by atoms with Gasteiger partial charge in [0.25, 0.3) is 0 Å². The van der Waals surface area contributed by atoms with E-state index in [2.05, 4.69) is 5.32 Å². The van der Waals surface area contributed by atoms with Crippen molar-refractivity contribution < 1.29 is 8.42 Å². The molecule has 1 aliphatic heterocycles. The summed E-state index contributed by atoms with van der Waals surface area (Å²) < 4.78 is 21.7. The van der Waals surface area contributed by atoms with Gasteiger partial charge in [0.1, 0.15) is 0 Å². The first-order chi connectivity index (χ1) is 7.52. The van der Waals surface area contributed by atoms with Crippen molar-refractivity contribution in [3.8, 4) is 0 Å². The maximum absolute atomic E-state index is 10.8. The molecule has 3 N–H and O–H groups in total. The molecular formula is C11H18N2O2S. The molecule has 4 nitrogen and oxygen atoms in total. The Morgan fingerprint density at radius 2 is 1.75 bits per heavy atom. The van der Waals surface area contributed by atoms with Crippen LogP contribution in [-0.2, 0) is 10.0 Å². The third-order valence-electron chi connectivity index (χ3n) is 2.36. The van der Waals surface area contributed by atoms with Crippen molar-refractivity contribution >= 4 is 10.0 Å². The van der Waals surface area contributed by atoms with E-state index in [1.807, 2.05) is 0 Å². The van der Waals surface area contributed by atoms with E-state index in [0.717, 1.165) is 0 Å². The molecular weight excluding hydrogens is 224 g/mol. The van der Waals surface area contributed by atoms with Crippen molar-refractivity contribution in [1.29, 1.82) is 0 Å². The molecule has 1 heterocycles. The Morgan fingerprint density at radius 3 is 2.06 bits per heavy atom. The van der Waals surface area contributed by atoms with E-state index in [4.69, 9.17) is 5.14 Å². The van der Waals surface area contributed by atoms with Crippen LogP contribution in [0.1, 0.15) is 18.4 Å². The van der Waals surface area contributed by atoms with Crippen LogP contribution >= 0.6 is 0 Å². The van der Waals surface area contributed by atoms with Gasteiger partial charge in [-0.3, -0.25) is 0 Å². The summed E-state index contributed by atoms with van der Waals surface area (Å²) in [6, 6.07) is 6.61. The Hall–Kier alpha value is -0.910. The molecule has 1 aromatic carbocycles. The summed E-state index contributed by atoms with van der Waals surface area (Å²) in [5, 5.41) is 8.15. The van der Waals surface area contributed by atoms with Crippen molar-refractivity contribution in [1.82, 2.24) is 5.32 Å². The third-order valence-corrected chi connectivity index (χ3v) is 3.43. The fourth-order valence-corrected chi connectivity index (χ4v) is 2.29. The van der Waals surface area contributed by atoms with Gasteiger partial charge in [-0.15, -0.1) is 0 Å². The highest BCUT2D eigenvalue weighted by atomic mass is 32.2. The number of rotatable bonds is 1. The molecule has 0 amide bonds. The Kier molecular flexibility index (Phi) is 4.92. The maximum Gasteiger partial charge on any atom is 0.238 e. The van der Waals surface area contributed by atoms with Gasteiger partial charge in [-0.1, -0.05) is 18.2 Å². The lowest BCUT2D eigenvalue weighted by Crippen LogP contribution is -2.13. The molecule has 0 aliphatic carbocycles. The molecule has 1 fully saturated rings. The summed E-state index contributed by atoms with van der Waals surface area (Å²) in [7, 11) is -3.53. The van der Waals surface area contributed by atoms with Gasteiger partial charge >= 0.3 is 0 Å². The maximum atomic E-state index is 10.8. The number of nitrogens with one attached hydrogen (secondary N) is 1. The minimum absolute atomic E-state index is 0.194. The van der Waals surface area contributed by atoms with E-state index < -0.39 is 10.0 Å². The summed E-state index contributed by atoms with van der Waals surface area (Å²) in [6.07, 6.45) is 2.78. The van der Waals surface area contributed by atoms with E-state index >= 15 is 0 Å². The number of aryl methyl sites for hydroxylation is 1. The fourth-order valence-electron chi connectivity index (χ4n) is 1.50. The molecule has 90 valence electrons. The van der Waals surface area contributed by atoms with Crippen molar-refractivity contribution in [2.45, 2.75) is 24.7 Å². The molecule has 1 aromatic rings. The Morgan fingerprint density at radius 1 is 1.19 bits per heavy atom. The quantitative estimate of drug-likeness (QED) is 0.772. The lowest BCUT2D eigenvalue weighted by Gasteiger charge is -2.00. The van der Waals surface area contributed by atoms with E-state index in [0.29, 0.717) is 5.56 Å². The average molecular weight is 242 g/mol. The van der Waals surface area contributed by atoms with Crippen LogP contribution in [0.5, 0.6) is 0 Å². The minimum atomic E-state index is -3.53. The standard InChI is InChI=1S/C7H9NO2S.C4H9N/c1-6-4-2-3-5-7(6)11(8,9)10;1-2-4-5-3-1/h2-5H,1H3,(H2,8,9,10);5H,1-4H2. The highest BCUT2D eigenvalue weighted by Gasteiger charge is 2.08. The Labute approximate surface area is 96.9 Å². The molecule has 16 heavy (non-hydrogen) atoms. The van der Waals surface area contributed by atoms with Crippen LogP contribution in [0, 0.1) is 6.92 Å². The van der Waals surface area contributed by atoms with Crippen LogP contribution in [0.25, 0.3) is 0 Å². The van der Waals surface area contributed by atoms with Crippen LogP contribution in [-0.4, -0.2) is 21.5 Å². The summed E-state index contributed by atoms with van der Waals surface area (Å²) >= 11 is 0. The van der Waals surface area contributed by atoms with Crippen LogP contribution in [0.4, 0.5) is 0 Å². The van der Waals surface area contributed by atoms with Crippen LogP contribution in [0.2, 0.25) is 0 Å². The summed E-state index contributed by atoms with van der Waals surface area (Å²) in [4.78, 5) is 0.194. The molecule has 2 rings (SSSR count). The molecule has 0 spiro atoms. The second-order valence-corrected chi connectivity index (χ2v) is 5.30. The average Bonchev–Trinajstić information content (AvgIpc) is 2.74. The number of nitrogens with two attached hydrogens (primary N) is 1. The molecule has 0 aromatic heterocycles. The summed E-state index contributed by atoms with van der Waals surface area (Å²) in [6.45, 7) is 4.21. The van der Waals surface area contributed by atoms with Crippen molar-refractivity contribution in [2.75, 3.05) is 13.1 Å². The largest absolute Gasteiger partial charge is 0.317 e. The lowest BCUT2D eigenvalue weighted by atomic mass is 10.2. The smallest absolute Gasteiger partial charge is 0.238 e. The molecule has 1 aliphatic rings. The first kappa shape index (κ1) is 13.2. The molecule has 0 bridgehead atoms. The van der Waals surface area contributed by atoms with Gasteiger partial charge in [0, 0.05) is 0 Å². The third kappa shape index (κ3) is 4.30. The molecule has 0 atom stereocenters. The minimum Gasteiger partial charge on any atom is -0.317 e. The lowest BCUT2D eigenvalue weighted by molar-refractivity contribution is 0.597. The van der Waals surface area contributed by atoms with Crippen LogP contribution in [0.3, 0.4) is 0 Å². The first-order valence-corrected chi connectivity index (χ1v) is 6.85. The number of sulfonamides is 1. The molecule has 5 heteroatoms. The van der Waals surface area contributed by atoms with E-state index in [1.165, 1.54) is 32.0 Å². The zero-order chi connectivity index (χ0) is 12.0. The Bertz CT molecular complexity index is 418. The number of benzene rings is 1. The van der Waals surface area contributed by atoms with Gasteiger partial charge < -0.3 is 5.32 Å². The van der Waals surface area contributed by atoms with E-state index in [1.54, 1.807) is 25.1 Å². The SMILES string of the molecule is C1CCNC1.Cc1ccccc1S(N)(=O)=O. The number of hydrogen-bond donors (Lipinski definition) is 2. The van der Waals surface area contributed by atoms with Crippen LogP contribution < -0.4 is 10.5 Å².